The molecule has 0 spiro atoms. The minimum Gasteiger partial charge on any atom is -0.466 e. The van der Waals surface area contributed by atoms with Crippen molar-refractivity contribution in [2.45, 2.75) is 39.5 Å². The highest BCUT2D eigenvalue weighted by Gasteiger charge is 2.24. The number of nitrogen functional groups attached to an aromatic ring is 1. The summed E-state index contributed by atoms with van der Waals surface area (Å²) in [5, 5.41) is 1.90. The number of nitrogens with two attached hydrogens (primary N) is 1. The third kappa shape index (κ3) is 2.58. The van der Waals surface area contributed by atoms with Crippen LogP contribution in [0.5, 0.6) is 0 Å². The van der Waals surface area contributed by atoms with Crippen molar-refractivity contribution in [2.75, 3.05) is 12.3 Å². The maximum atomic E-state index is 11.6. The van der Waals surface area contributed by atoms with E-state index in [1.165, 1.54) is 11.3 Å². The second-order valence-corrected chi connectivity index (χ2v) is 6.26. The van der Waals surface area contributed by atoms with Crippen molar-refractivity contribution < 1.29 is 9.53 Å². The number of hydrogen-bond donors (Lipinski definition) is 1. The molecule has 2 heterocycles. The van der Waals surface area contributed by atoms with E-state index in [0.29, 0.717) is 12.4 Å². The fourth-order valence-electron chi connectivity index (χ4n) is 1.97. The average Bonchev–Trinajstić information content (AvgIpc) is 2.80. The van der Waals surface area contributed by atoms with Crippen LogP contribution in [0.3, 0.4) is 0 Å². The molecule has 2 N–H and O–H groups in total. The number of carbonyl (C=O) groups is 1. The average molecular weight is 281 g/mol. The van der Waals surface area contributed by atoms with Crippen molar-refractivity contribution in [1.82, 2.24) is 9.38 Å². The molecule has 0 atom stereocenters. The van der Waals surface area contributed by atoms with Crippen LogP contribution in [-0.2, 0) is 21.4 Å². The van der Waals surface area contributed by atoms with Crippen molar-refractivity contribution in [2.24, 2.45) is 0 Å². The van der Waals surface area contributed by atoms with Crippen LogP contribution in [0.25, 0.3) is 4.96 Å². The first-order valence-corrected chi connectivity index (χ1v) is 7.13. The third-order valence-corrected chi connectivity index (χ3v) is 3.69. The van der Waals surface area contributed by atoms with Gasteiger partial charge in [0.2, 0.25) is 0 Å². The van der Waals surface area contributed by atoms with Crippen LogP contribution in [0.1, 0.15) is 39.1 Å². The smallest absolute Gasteiger partial charge is 0.311 e. The highest BCUT2D eigenvalue weighted by molar-refractivity contribution is 7.15. The number of rotatable bonds is 3. The van der Waals surface area contributed by atoms with Gasteiger partial charge in [-0.1, -0.05) is 20.8 Å². The molecule has 0 bridgehead atoms. The lowest BCUT2D eigenvalue weighted by molar-refractivity contribution is -0.142. The van der Waals surface area contributed by atoms with E-state index in [9.17, 15) is 4.79 Å². The van der Waals surface area contributed by atoms with Gasteiger partial charge in [-0.25, -0.2) is 4.98 Å². The van der Waals surface area contributed by atoms with Gasteiger partial charge in [-0.2, -0.15) is 0 Å². The number of fused-ring (bicyclic) bond motifs is 1. The summed E-state index contributed by atoms with van der Waals surface area (Å²) in [6.07, 6.45) is 0.220. The first kappa shape index (κ1) is 13.9. The number of hydrogen-bond acceptors (Lipinski definition) is 5. The van der Waals surface area contributed by atoms with Crippen LogP contribution in [0.2, 0.25) is 0 Å². The molecule has 0 aliphatic heterocycles. The number of ether oxygens (including phenoxy) is 1. The Kier molecular flexibility index (Phi) is 3.54. The van der Waals surface area contributed by atoms with E-state index in [1.54, 1.807) is 6.92 Å². The number of anilines is 1. The molecule has 2 aromatic rings. The summed E-state index contributed by atoms with van der Waals surface area (Å²) in [6.45, 7) is 8.39. The van der Waals surface area contributed by atoms with Crippen LogP contribution in [0.4, 0.5) is 5.82 Å². The molecule has 2 aromatic heterocycles. The van der Waals surface area contributed by atoms with Gasteiger partial charge in [0.1, 0.15) is 5.82 Å². The van der Waals surface area contributed by atoms with E-state index in [4.69, 9.17) is 10.5 Å². The molecule has 104 valence electrons. The normalized spacial score (nSPS) is 12.0. The molecule has 0 radical (unpaired) electrons. The van der Waals surface area contributed by atoms with E-state index in [-0.39, 0.29) is 17.8 Å². The summed E-state index contributed by atoms with van der Waals surface area (Å²) in [7, 11) is 0. The first-order valence-electron chi connectivity index (χ1n) is 6.25. The molecule has 0 saturated carbocycles. The Hall–Kier alpha value is -1.56. The van der Waals surface area contributed by atoms with Gasteiger partial charge in [-0.3, -0.25) is 9.20 Å². The lowest BCUT2D eigenvalue weighted by atomic mass is 9.92. The van der Waals surface area contributed by atoms with E-state index in [2.05, 4.69) is 25.8 Å². The quantitative estimate of drug-likeness (QED) is 0.877. The highest BCUT2D eigenvalue weighted by Crippen LogP contribution is 2.31. The minimum absolute atomic E-state index is 0.114. The lowest BCUT2D eigenvalue weighted by Gasteiger charge is -2.16. The maximum absolute atomic E-state index is 11.6. The summed E-state index contributed by atoms with van der Waals surface area (Å²) >= 11 is 1.49. The molecule has 5 nitrogen and oxygen atoms in total. The van der Waals surface area contributed by atoms with Gasteiger partial charge in [0.15, 0.2) is 4.96 Å². The standard InChI is InChI=1S/C13H19N3O2S/c1-5-18-9(17)6-8-7-19-12-15-10(13(2,3)4)11(14)16(8)12/h7H,5-6,14H2,1-4H3. The molecular formula is C13H19N3O2S. The summed E-state index contributed by atoms with van der Waals surface area (Å²) in [5.41, 5.74) is 7.76. The predicted molar refractivity (Wildman–Crippen MR) is 76.5 cm³/mol. The van der Waals surface area contributed by atoms with E-state index >= 15 is 0 Å². The Morgan fingerprint density at radius 1 is 1.53 bits per heavy atom. The Labute approximate surface area is 116 Å². The summed E-state index contributed by atoms with van der Waals surface area (Å²) < 4.78 is 6.82. The van der Waals surface area contributed by atoms with Gasteiger partial charge in [0.25, 0.3) is 0 Å². The zero-order valence-corrected chi connectivity index (χ0v) is 12.5. The second-order valence-electron chi connectivity index (χ2n) is 5.42. The molecule has 19 heavy (non-hydrogen) atoms. The molecule has 2 rings (SSSR count). The molecule has 0 saturated heterocycles. The van der Waals surface area contributed by atoms with Crippen molar-refractivity contribution in [3.05, 3.63) is 16.8 Å². The van der Waals surface area contributed by atoms with Crippen LogP contribution in [-0.4, -0.2) is 22.0 Å². The number of thiazole rings is 1. The van der Waals surface area contributed by atoms with Gasteiger partial charge < -0.3 is 10.5 Å². The third-order valence-electron chi connectivity index (χ3n) is 2.81. The molecule has 0 aliphatic carbocycles. The van der Waals surface area contributed by atoms with Crippen LogP contribution >= 0.6 is 11.3 Å². The van der Waals surface area contributed by atoms with E-state index in [1.807, 2.05) is 9.78 Å². The van der Waals surface area contributed by atoms with Gasteiger partial charge in [-0.05, 0) is 6.92 Å². The highest BCUT2D eigenvalue weighted by atomic mass is 32.1. The summed E-state index contributed by atoms with van der Waals surface area (Å²) in [4.78, 5) is 17.0. The van der Waals surface area contributed by atoms with Crippen LogP contribution in [0.15, 0.2) is 5.38 Å². The number of esters is 1. The Morgan fingerprint density at radius 3 is 2.79 bits per heavy atom. The van der Waals surface area contributed by atoms with Crippen LogP contribution < -0.4 is 5.73 Å². The van der Waals surface area contributed by atoms with Crippen LogP contribution in [0, 0.1) is 0 Å². The fourth-order valence-corrected chi connectivity index (χ4v) is 2.87. The zero-order chi connectivity index (χ0) is 14.2. The minimum atomic E-state index is -0.243. The number of aromatic nitrogens is 2. The monoisotopic (exact) mass is 281 g/mol. The molecular weight excluding hydrogens is 262 g/mol. The molecule has 0 amide bonds. The summed E-state index contributed by atoms with van der Waals surface area (Å²) in [5.74, 6) is 0.371. The lowest BCUT2D eigenvalue weighted by Crippen LogP contribution is -2.15. The van der Waals surface area contributed by atoms with E-state index in [0.717, 1.165) is 16.3 Å². The predicted octanol–water partition coefficient (Wildman–Crippen LogP) is 2.38. The van der Waals surface area contributed by atoms with Crippen molar-refractivity contribution in [3.8, 4) is 0 Å². The van der Waals surface area contributed by atoms with Crippen molar-refractivity contribution >= 4 is 28.1 Å². The van der Waals surface area contributed by atoms with Gasteiger partial charge in [0, 0.05) is 16.5 Å². The van der Waals surface area contributed by atoms with E-state index < -0.39 is 0 Å². The Bertz CT molecular complexity index is 607. The topological polar surface area (TPSA) is 69.6 Å². The molecule has 0 fully saturated rings. The largest absolute Gasteiger partial charge is 0.466 e. The molecule has 0 unspecified atom stereocenters. The van der Waals surface area contributed by atoms with Gasteiger partial charge in [-0.15, -0.1) is 11.3 Å². The van der Waals surface area contributed by atoms with Gasteiger partial charge in [0.05, 0.1) is 18.7 Å². The molecule has 0 aliphatic rings. The molecule has 6 heteroatoms. The Morgan fingerprint density at radius 2 is 2.21 bits per heavy atom. The number of carbonyl (C=O) groups excluding carboxylic acids is 1. The Balaban J connectivity index is 2.42. The summed E-state index contributed by atoms with van der Waals surface area (Å²) in [6, 6.07) is 0. The van der Waals surface area contributed by atoms with Crippen molar-refractivity contribution in [1.29, 1.82) is 0 Å². The number of imidazole rings is 1. The molecule has 0 aromatic carbocycles. The van der Waals surface area contributed by atoms with Crippen molar-refractivity contribution in [3.63, 3.8) is 0 Å². The maximum Gasteiger partial charge on any atom is 0.311 e. The number of nitrogens with zero attached hydrogens (tertiary/aromatic N) is 2. The van der Waals surface area contributed by atoms with Gasteiger partial charge >= 0.3 is 5.97 Å². The fraction of sp³-hybridized carbons (Fsp3) is 0.538. The SMILES string of the molecule is CCOC(=O)Cc1csc2nc(C(C)(C)C)c(N)n12. The first-order chi connectivity index (χ1) is 8.84. The zero-order valence-electron chi connectivity index (χ0n) is 11.7. The second kappa shape index (κ2) is 4.85.